The number of nitrogens with zero attached hydrogens (tertiary/aromatic N) is 1. The zero-order valence-electron chi connectivity index (χ0n) is 11.3. The van der Waals surface area contributed by atoms with E-state index in [1.165, 1.54) is 25.7 Å². The molecule has 3 nitrogen and oxygen atoms in total. The smallest absolute Gasteiger partial charge is 0.239 e. The third-order valence-electron chi connectivity index (χ3n) is 4.20. The summed E-state index contributed by atoms with van der Waals surface area (Å²) in [5, 5.41) is 3.36. The number of carbonyl (C=O) groups is 1. The molecule has 1 heterocycles. The lowest BCUT2D eigenvalue weighted by atomic mass is 10.0. The topological polar surface area (TPSA) is 32.3 Å². The minimum Gasteiger partial charge on any atom is -0.341 e. The van der Waals surface area contributed by atoms with Gasteiger partial charge in [0.1, 0.15) is 0 Å². The summed E-state index contributed by atoms with van der Waals surface area (Å²) in [6.45, 7) is 7.34. The molecule has 17 heavy (non-hydrogen) atoms. The molecule has 2 aliphatic rings. The van der Waals surface area contributed by atoms with Crippen LogP contribution in [0.1, 0.15) is 52.4 Å². The lowest BCUT2D eigenvalue weighted by Crippen LogP contribution is -2.40. The molecule has 1 atom stereocenters. The van der Waals surface area contributed by atoms with Gasteiger partial charge in [-0.25, -0.2) is 0 Å². The summed E-state index contributed by atoms with van der Waals surface area (Å²) in [7, 11) is 0. The first-order chi connectivity index (χ1) is 8.21. The first-order valence-electron chi connectivity index (χ1n) is 7.23. The number of hydrogen-bond acceptors (Lipinski definition) is 2. The lowest BCUT2D eigenvalue weighted by molar-refractivity contribution is -0.130. The molecule has 0 aromatic rings. The van der Waals surface area contributed by atoms with Gasteiger partial charge in [-0.05, 0) is 44.1 Å². The minimum atomic E-state index is 0.104. The molecule has 0 aromatic heterocycles. The van der Waals surface area contributed by atoms with Crippen LogP contribution >= 0.6 is 0 Å². The van der Waals surface area contributed by atoms with E-state index in [2.05, 4.69) is 24.1 Å². The van der Waals surface area contributed by atoms with E-state index in [1.807, 2.05) is 0 Å². The highest BCUT2D eigenvalue weighted by molar-refractivity contribution is 5.84. The van der Waals surface area contributed by atoms with Gasteiger partial charge in [0.05, 0.1) is 6.04 Å². The molecule has 0 radical (unpaired) electrons. The Morgan fingerprint density at radius 3 is 2.71 bits per heavy atom. The molecule has 1 amide bonds. The zero-order chi connectivity index (χ0) is 12.3. The molecule has 2 rings (SSSR count). The molecule has 98 valence electrons. The van der Waals surface area contributed by atoms with Crippen LogP contribution < -0.4 is 5.32 Å². The average Bonchev–Trinajstić information content (AvgIpc) is 2.99. The third-order valence-corrected chi connectivity index (χ3v) is 4.20. The number of hydrogen-bond donors (Lipinski definition) is 1. The van der Waals surface area contributed by atoms with Crippen molar-refractivity contribution in [2.75, 3.05) is 19.6 Å². The molecule has 1 aliphatic heterocycles. The molecule has 1 unspecified atom stereocenters. The first-order valence-corrected chi connectivity index (χ1v) is 7.23. The summed E-state index contributed by atoms with van der Waals surface area (Å²) in [4.78, 5) is 14.3. The Labute approximate surface area is 105 Å². The van der Waals surface area contributed by atoms with Crippen LogP contribution in [-0.4, -0.2) is 36.5 Å². The van der Waals surface area contributed by atoms with Crippen molar-refractivity contribution in [1.82, 2.24) is 10.2 Å². The van der Waals surface area contributed by atoms with Gasteiger partial charge in [0.25, 0.3) is 0 Å². The standard InChI is InChI=1S/C14H26N2O/c1-3-6-14(7-8-14)11-16-10-5-12(13(16)17)15-9-4-2/h12,15H,3-11H2,1-2H3. The van der Waals surface area contributed by atoms with Crippen LogP contribution in [0.15, 0.2) is 0 Å². The van der Waals surface area contributed by atoms with Crippen LogP contribution in [0.3, 0.4) is 0 Å². The molecule has 0 aromatic carbocycles. The number of rotatable bonds is 7. The highest BCUT2D eigenvalue weighted by Gasteiger charge is 2.45. The summed E-state index contributed by atoms with van der Waals surface area (Å²) in [5.41, 5.74) is 0.504. The van der Waals surface area contributed by atoms with Crippen molar-refractivity contribution < 1.29 is 4.79 Å². The van der Waals surface area contributed by atoms with Gasteiger partial charge in [-0.3, -0.25) is 4.79 Å². The molecule has 2 fully saturated rings. The van der Waals surface area contributed by atoms with Crippen molar-refractivity contribution in [1.29, 1.82) is 0 Å². The third kappa shape index (κ3) is 3.01. The van der Waals surface area contributed by atoms with Gasteiger partial charge < -0.3 is 10.2 Å². The summed E-state index contributed by atoms with van der Waals surface area (Å²) in [6, 6.07) is 0.104. The maximum absolute atomic E-state index is 12.2. The molecular formula is C14H26N2O. The normalized spacial score (nSPS) is 26.6. The van der Waals surface area contributed by atoms with Crippen LogP contribution in [0.2, 0.25) is 0 Å². The van der Waals surface area contributed by atoms with E-state index >= 15 is 0 Å². The van der Waals surface area contributed by atoms with Crippen molar-refractivity contribution in [3.63, 3.8) is 0 Å². The van der Waals surface area contributed by atoms with Gasteiger partial charge in [0.2, 0.25) is 5.91 Å². The fourth-order valence-electron chi connectivity index (χ4n) is 3.00. The minimum absolute atomic E-state index is 0.104. The Kier molecular flexibility index (Phi) is 4.08. The van der Waals surface area contributed by atoms with Crippen molar-refractivity contribution in [3.8, 4) is 0 Å². The monoisotopic (exact) mass is 238 g/mol. The number of amides is 1. The van der Waals surface area contributed by atoms with Gasteiger partial charge in [0, 0.05) is 13.1 Å². The first kappa shape index (κ1) is 12.9. The van der Waals surface area contributed by atoms with E-state index in [0.29, 0.717) is 11.3 Å². The maximum Gasteiger partial charge on any atom is 0.239 e. The van der Waals surface area contributed by atoms with Crippen LogP contribution in [0.5, 0.6) is 0 Å². The Bertz CT molecular complexity index is 273. The van der Waals surface area contributed by atoms with Crippen molar-refractivity contribution in [2.24, 2.45) is 5.41 Å². The van der Waals surface area contributed by atoms with E-state index in [1.54, 1.807) is 0 Å². The van der Waals surface area contributed by atoms with Crippen molar-refractivity contribution >= 4 is 5.91 Å². The molecule has 1 N–H and O–H groups in total. The number of likely N-dealkylation sites (tertiary alicyclic amines) is 1. The van der Waals surface area contributed by atoms with E-state index in [0.717, 1.165) is 32.5 Å². The van der Waals surface area contributed by atoms with Crippen LogP contribution in [0.25, 0.3) is 0 Å². The average molecular weight is 238 g/mol. The Morgan fingerprint density at radius 1 is 1.35 bits per heavy atom. The summed E-state index contributed by atoms with van der Waals surface area (Å²) in [5.74, 6) is 0.348. The van der Waals surface area contributed by atoms with Gasteiger partial charge in [0.15, 0.2) is 0 Å². The molecule has 1 saturated carbocycles. The van der Waals surface area contributed by atoms with E-state index in [9.17, 15) is 4.79 Å². The maximum atomic E-state index is 12.2. The zero-order valence-corrected chi connectivity index (χ0v) is 11.3. The number of nitrogens with one attached hydrogen (secondary N) is 1. The summed E-state index contributed by atoms with van der Waals surface area (Å²) in [6.07, 6.45) is 7.31. The summed E-state index contributed by atoms with van der Waals surface area (Å²) >= 11 is 0. The van der Waals surface area contributed by atoms with Crippen LogP contribution in [-0.2, 0) is 4.79 Å². The largest absolute Gasteiger partial charge is 0.341 e. The Hall–Kier alpha value is -0.570. The molecule has 3 heteroatoms. The molecule has 1 saturated heterocycles. The Balaban J connectivity index is 1.81. The van der Waals surface area contributed by atoms with Crippen molar-refractivity contribution in [3.05, 3.63) is 0 Å². The molecule has 1 aliphatic carbocycles. The van der Waals surface area contributed by atoms with E-state index in [-0.39, 0.29) is 6.04 Å². The fourth-order valence-corrected chi connectivity index (χ4v) is 3.00. The van der Waals surface area contributed by atoms with E-state index < -0.39 is 0 Å². The highest BCUT2D eigenvalue weighted by Crippen LogP contribution is 2.50. The quantitative estimate of drug-likeness (QED) is 0.737. The number of carbonyl (C=O) groups excluding carboxylic acids is 1. The molecule has 0 bridgehead atoms. The second-order valence-corrected chi connectivity index (χ2v) is 5.81. The van der Waals surface area contributed by atoms with Crippen molar-refractivity contribution in [2.45, 2.75) is 58.4 Å². The van der Waals surface area contributed by atoms with Gasteiger partial charge in [-0.1, -0.05) is 20.3 Å². The Morgan fingerprint density at radius 2 is 2.12 bits per heavy atom. The second-order valence-electron chi connectivity index (χ2n) is 5.81. The highest BCUT2D eigenvalue weighted by atomic mass is 16.2. The molecule has 0 spiro atoms. The predicted molar refractivity (Wildman–Crippen MR) is 69.9 cm³/mol. The second kappa shape index (κ2) is 5.38. The molecular weight excluding hydrogens is 212 g/mol. The predicted octanol–water partition coefficient (Wildman–Crippen LogP) is 2.17. The van der Waals surface area contributed by atoms with Gasteiger partial charge in [-0.15, -0.1) is 0 Å². The van der Waals surface area contributed by atoms with Gasteiger partial charge >= 0.3 is 0 Å². The van der Waals surface area contributed by atoms with Gasteiger partial charge in [-0.2, -0.15) is 0 Å². The lowest BCUT2D eigenvalue weighted by Gasteiger charge is -2.23. The van der Waals surface area contributed by atoms with E-state index in [4.69, 9.17) is 0 Å². The van der Waals surface area contributed by atoms with Crippen LogP contribution in [0, 0.1) is 5.41 Å². The van der Waals surface area contributed by atoms with Crippen LogP contribution in [0.4, 0.5) is 0 Å². The SMILES string of the molecule is CCCNC1CCN(CC2(CCC)CC2)C1=O. The fraction of sp³-hybridized carbons (Fsp3) is 0.929. The summed E-state index contributed by atoms with van der Waals surface area (Å²) < 4.78 is 0.